The van der Waals surface area contributed by atoms with Gasteiger partial charge in [-0.25, -0.2) is 0 Å². The first kappa shape index (κ1) is 15.5. The van der Waals surface area contributed by atoms with Crippen LogP contribution in [0, 0.1) is 6.92 Å². The van der Waals surface area contributed by atoms with Crippen LogP contribution >= 0.6 is 15.9 Å². The molecule has 0 saturated carbocycles. The molecule has 0 aliphatic carbocycles. The summed E-state index contributed by atoms with van der Waals surface area (Å²) in [6.45, 7) is 7.52. The van der Waals surface area contributed by atoms with Gasteiger partial charge in [-0.1, -0.05) is 22.9 Å². The molecule has 0 saturated heterocycles. The van der Waals surface area contributed by atoms with Gasteiger partial charge in [0.1, 0.15) is 5.75 Å². The fraction of sp³-hybridized carbons (Fsp3) is 0.571. The van der Waals surface area contributed by atoms with Gasteiger partial charge in [0.25, 0.3) is 0 Å². The first-order chi connectivity index (χ1) is 8.69. The summed E-state index contributed by atoms with van der Waals surface area (Å²) in [7, 11) is 1.71. The van der Waals surface area contributed by atoms with E-state index in [1.54, 1.807) is 7.11 Å². The lowest BCUT2D eigenvalue weighted by molar-refractivity contribution is 0.139. The number of nitrogens with one attached hydrogen (secondary N) is 1. The van der Waals surface area contributed by atoms with E-state index in [9.17, 15) is 0 Å². The van der Waals surface area contributed by atoms with Crippen molar-refractivity contribution in [2.45, 2.75) is 20.3 Å². The minimum Gasteiger partial charge on any atom is -0.496 e. The van der Waals surface area contributed by atoms with E-state index in [0.29, 0.717) is 0 Å². The summed E-state index contributed by atoms with van der Waals surface area (Å²) in [6, 6.07) is 4.17. The van der Waals surface area contributed by atoms with Crippen molar-refractivity contribution < 1.29 is 9.47 Å². The number of halogens is 1. The maximum Gasteiger partial charge on any atom is 0.122 e. The highest BCUT2D eigenvalue weighted by molar-refractivity contribution is 9.10. The molecule has 0 radical (unpaired) electrons. The van der Waals surface area contributed by atoms with Crippen molar-refractivity contribution in [3.63, 3.8) is 0 Å². The Kier molecular flexibility index (Phi) is 7.32. The number of benzene rings is 1. The van der Waals surface area contributed by atoms with Crippen molar-refractivity contribution in [1.29, 1.82) is 0 Å². The van der Waals surface area contributed by atoms with Crippen LogP contribution in [0.4, 0.5) is 0 Å². The fourth-order valence-electron chi connectivity index (χ4n) is 1.69. The molecular weight excluding hydrogens is 294 g/mol. The average Bonchev–Trinajstić information content (AvgIpc) is 2.37. The molecule has 18 heavy (non-hydrogen) atoms. The Morgan fingerprint density at radius 2 is 2.06 bits per heavy atom. The highest BCUT2D eigenvalue weighted by atomic mass is 79.9. The van der Waals surface area contributed by atoms with Gasteiger partial charge in [0.2, 0.25) is 0 Å². The molecule has 102 valence electrons. The average molecular weight is 316 g/mol. The number of methoxy groups -OCH3 is 1. The van der Waals surface area contributed by atoms with Gasteiger partial charge in [-0.3, -0.25) is 0 Å². The Balaban J connectivity index is 2.43. The van der Waals surface area contributed by atoms with E-state index >= 15 is 0 Å². The lowest BCUT2D eigenvalue weighted by Crippen LogP contribution is -2.19. The summed E-state index contributed by atoms with van der Waals surface area (Å²) in [4.78, 5) is 0. The fourth-order valence-corrected chi connectivity index (χ4v) is 2.08. The van der Waals surface area contributed by atoms with Crippen LogP contribution in [-0.4, -0.2) is 33.4 Å². The predicted octanol–water partition coefficient (Wildman–Crippen LogP) is 2.93. The van der Waals surface area contributed by atoms with Crippen molar-refractivity contribution in [3.8, 4) is 5.75 Å². The van der Waals surface area contributed by atoms with Crippen LogP contribution in [0.25, 0.3) is 0 Å². The SMILES string of the molecule is CCNCCOCCc1cc(Br)c(C)cc1OC. The van der Waals surface area contributed by atoms with Crippen molar-refractivity contribution in [2.24, 2.45) is 0 Å². The smallest absolute Gasteiger partial charge is 0.122 e. The van der Waals surface area contributed by atoms with E-state index in [4.69, 9.17) is 9.47 Å². The van der Waals surface area contributed by atoms with Crippen LogP contribution in [0.2, 0.25) is 0 Å². The van der Waals surface area contributed by atoms with E-state index in [1.807, 2.05) is 0 Å². The van der Waals surface area contributed by atoms with E-state index in [-0.39, 0.29) is 0 Å². The van der Waals surface area contributed by atoms with E-state index in [0.717, 1.165) is 42.9 Å². The van der Waals surface area contributed by atoms with Crippen LogP contribution < -0.4 is 10.1 Å². The molecule has 1 aromatic carbocycles. The Morgan fingerprint density at radius 1 is 1.28 bits per heavy atom. The van der Waals surface area contributed by atoms with Crippen molar-refractivity contribution in [2.75, 3.05) is 33.4 Å². The van der Waals surface area contributed by atoms with Gasteiger partial charge in [0, 0.05) is 11.0 Å². The molecule has 0 amide bonds. The lowest BCUT2D eigenvalue weighted by atomic mass is 10.1. The normalized spacial score (nSPS) is 10.7. The quantitative estimate of drug-likeness (QED) is 0.748. The molecular formula is C14H22BrNO2. The standard InChI is InChI=1S/C14H22BrNO2/c1-4-16-6-8-18-7-5-12-10-13(15)11(2)9-14(12)17-3/h9-10,16H,4-8H2,1-3H3. The van der Waals surface area contributed by atoms with Gasteiger partial charge < -0.3 is 14.8 Å². The molecule has 0 aromatic heterocycles. The number of aryl methyl sites for hydroxylation is 1. The molecule has 0 aliphatic heterocycles. The van der Waals surface area contributed by atoms with Crippen LogP contribution in [0.15, 0.2) is 16.6 Å². The first-order valence-electron chi connectivity index (χ1n) is 6.30. The number of likely N-dealkylation sites (N-methyl/N-ethyl adjacent to an activating group) is 1. The monoisotopic (exact) mass is 315 g/mol. The molecule has 0 bridgehead atoms. The minimum absolute atomic E-state index is 0.719. The van der Waals surface area contributed by atoms with Crippen molar-refractivity contribution in [3.05, 3.63) is 27.7 Å². The van der Waals surface area contributed by atoms with Gasteiger partial charge in [0.05, 0.1) is 20.3 Å². The third-order valence-corrected chi connectivity index (χ3v) is 3.60. The number of hydrogen-bond acceptors (Lipinski definition) is 3. The Bertz CT molecular complexity index is 369. The molecule has 0 unspecified atom stereocenters. The van der Waals surface area contributed by atoms with Crippen LogP contribution in [-0.2, 0) is 11.2 Å². The lowest BCUT2D eigenvalue weighted by Gasteiger charge is -2.11. The zero-order chi connectivity index (χ0) is 13.4. The number of hydrogen-bond donors (Lipinski definition) is 1. The molecule has 0 fully saturated rings. The molecule has 0 aliphatic rings. The van der Waals surface area contributed by atoms with Gasteiger partial charge in [-0.05, 0) is 43.1 Å². The number of rotatable bonds is 8. The molecule has 0 spiro atoms. The van der Waals surface area contributed by atoms with Crippen molar-refractivity contribution >= 4 is 15.9 Å². The predicted molar refractivity (Wildman–Crippen MR) is 78.5 cm³/mol. The molecule has 0 atom stereocenters. The van der Waals surface area contributed by atoms with E-state index in [1.165, 1.54) is 11.1 Å². The Morgan fingerprint density at radius 3 is 2.72 bits per heavy atom. The zero-order valence-electron chi connectivity index (χ0n) is 11.4. The largest absolute Gasteiger partial charge is 0.496 e. The molecule has 1 N–H and O–H groups in total. The second kappa shape index (κ2) is 8.51. The topological polar surface area (TPSA) is 30.5 Å². The van der Waals surface area contributed by atoms with Gasteiger partial charge in [-0.2, -0.15) is 0 Å². The van der Waals surface area contributed by atoms with Crippen LogP contribution in [0.1, 0.15) is 18.1 Å². The summed E-state index contributed by atoms with van der Waals surface area (Å²) in [5.41, 5.74) is 2.36. The van der Waals surface area contributed by atoms with E-state index in [2.05, 4.69) is 47.2 Å². The summed E-state index contributed by atoms with van der Waals surface area (Å²) in [6.07, 6.45) is 0.869. The van der Waals surface area contributed by atoms with Crippen molar-refractivity contribution in [1.82, 2.24) is 5.32 Å². The molecule has 1 aromatic rings. The highest BCUT2D eigenvalue weighted by Gasteiger charge is 2.06. The molecule has 3 nitrogen and oxygen atoms in total. The Hall–Kier alpha value is -0.580. The molecule has 0 heterocycles. The maximum absolute atomic E-state index is 5.58. The van der Waals surface area contributed by atoms with Gasteiger partial charge >= 0.3 is 0 Å². The van der Waals surface area contributed by atoms with Crippen LogP contribution in [0.5, 0.6) is 5.75 Å². The third kappa shape index (κ3) is 4.96. The number of ether oxygens (including phenoxy) is 2. The Labute approximate surface area is 118 Å². The van der Waals surface area contributed by atoms with Gasteiger partial charge in [-0.15, -0.1) is 0 Å². The molecule has 1 rings (SSSR count). The second-order valence-electron chi connectivity index (χ2n) is 4.13. The maximum atomic E-state index is 5.58. The zero-order valence-corrected chi connectivity index (χ0v) is 13.0. The summed E-state index contributed by atoms with van der Waals surface area (Å²) >= 11 is 3.55. The van der Waals surface area contributed by atoms with E-state index < -0.39 is 0 Å². The summed E-state index contributed by atoms with van der Waals surface area (Å²) < 4.78 is 12.1. The van der Waals surface area contributed by atoms with Gasteiger partial charge in [0.15, 0.2) is 0 Å². The second-order valence-corrected chi connectivity index (χ2v) is 4.98. The highest BCUT2D eigenvalue weighted by Crippen LogP contribution is 2.27. The van der Waals surface area contributed by atoms with Crippen LogP contribution in [0.3, 0.4) is 0 Å². The minimum atomic E-state index is 0.719. The third-order valence-electron chi connectivity index (χ3n) is 2.75. The first-order valence-corrected chi connectivity index (χ1v) is 7.09. The summed E-state index contributed by atoms with van der Waals surface area (Å²) in [5, 5.41) is 3.23. The molecule has 4 heteroatoms. The summed E-state index contributed by atoms with van der Waals surface area (Å²) in [5.74, 6) is 0.936.